The number of β-amino-alcohol motifs (C(OH)–C–C–N with tert-alkyl or cyclic N) is 1. The molecule has 0 aromatic heterocycles. The average Bonchev–Trinajstić information content (AvgIpc) is 2.79. The van der Waals surface area contributed by atoms with E-state index in [0.29, 0.717) is 6.04 Å². The van der Waals surface area contributed by atoms with Gasteiger partial charge in [-0.1, -0.05) is 35.5 Å². The second kappa shape index (κ2) is 7.69. The Balaban J connectivity index is 1.67. The van der Waals surface area contributed by atoms with E-state index < -0.39 is 0 Å². The van der Waals surface area contributed by atoms with E-state index >= 15 is 0 Å². The number of aliphatic hydroxyl groups is 1. The molecule has 1 atom stereocenters. The molecule has 0 aliphatic carbocycles. The summed E-state index contributed by atoms with van der Waals surface area (Å²) < 4.78 is 13.8. The second-order valence-corrected chi connectivity index (χ2v) is 8.30. The van der Waals surface area contributed by atoms with Crippen molar-refractivity contribution in [2.45, 2.75) is 29.2 Å². The van der Waals surface area contributed by atoms with E-state index in [-0.39, 0.29) is 12.4 Å². The van der Waals surface area contributed by atoms with Gasteiger partial charge in [0.2, 0.25) is 0 Å². The Hall–Kier alpha value is -1.40. The summed E-state index contributed by atoms with van der Waals surface area (Å²) in [7, 11) is 0. The lowest BCUT2D eigenvalue weighted by Crippen LogP contribution is -2.48. The first kappa shape index (κ1) is 18.0. The van der Waals surface area contributed by atoms with Crippen LogP contribution in [-0.2, 0) is 6.42 Å². The largest absolute Gasteiger partial charge is 0.395 e. The minimum Gasteiger partial charge on any atom is -0.395 e. The number of fused-ring (bicyclic) bond motifs is 2. The number of nitrogens with zero attached hydrogens (tertiary/aromatic N) is 2. The monoisotopic (exact) mass is 372 g/mol. The lowest BCUT2D eigenvalue weighted by atomic mass is 9.95. The molecule has 3 nitrogen and oxygen atoms in total. The predicted molar refractivity (Wildman–Crippen MR) is 103 cm³/mol. The van der Waals surface area contributed by atoms with Crippen molar-refractivity contribution >= 4 is 11.8 Å². The van der Waals surface area contributed by atoms with E-state index in [9.17, 15) is 9.50 Å². The molecule has 2 aliphatic heterocycles. The zero-order chi connectivity index (χ0) is 18.1. The van der Waals surface area contributed by atoms with Crippen LogP contribution in [0.15, 0.2) is 46.2 Å². The van der Waals surface area contributed by atoms with Gasteiger partial charge in [0, 0.05) is 48.6 Å². The van der Waals surface area contributed by atoms with Crippen molar-refractivity contribution in [3.05, 3.63) is 58.9 Å². The highest BCUT2D eigenvalue weighted by atomic mass is 32.2. The van der Waals surface area contributed by atoms with Crippen LogP contribution in [0.25, 0.3) is 0 Å². The fourth-order valence-corrected chi connectivity index (χ4v) is 5.16. The maximum atomic E-state index is 13.8. The molecule has 5 heteroatoms. The first-order valence-electron chi connectivity index (χ1n) is 9.28. The van der Waals surface area contributed by atoms with E-state index in [1.807, 2.05) is 6.07 Å². The molecule has 2 aromatic rings. The summed E-state index contributed by atoms with van der Waals surface area (Å²) >= 11 is 1.69. The molecule has 1 N–H and O–H groups in total. The van der Waals surface area contributed by atoms with Crippen molar-refractivity contribution in [3.8, 4) is 0 Å². The van der Waals surface area contributed by atoms with Crippen LogP contribution in [0, 0.1) is 12.7 Å². The van der Waals surface area contributed by atoms with E-state index in [2.05, 4.69) is 34.9 Å². The summed E-state index contributed by atoms with van der Waals surface area (Å²) in [6, 6.07) is 12.2. The van der Waals surface area contributed by atoms with Crippen molar-refractivity contribution in [1.29, 1.82) is 0 Å². The van der Waals surface area contributed by atoms with Gasteiger partial charge in [-0.15, -0.1) is 0 Å². The van der Waals surface area contributed by atoms with Crippen molar-refractivity contribution in [3.63, 3.8) is 0 Å². The van der Waals surface area contributed by atoms with Crippen LogP contribution < -0.4 is 0 Å². The molecule has 1 saturated heterocycles. The van der Waals surface area contributed by atoms with Crippen LogP contribution >= 0.6 is 11.8 Å². The third kappa shape index (κ3) is 3.67. The quantitative estimate of drug-likeness (QED) is 0.892. The van der Waals surface area contributed by atoms with Crippen molar-refractivity contribution in [2.75, 3.05) is 39.3 Å². The van der Waals surface area contributed by atoms with Crippen LogP contribution in [0.5, 0.6) is 0 Å². The summed E-state index contributed by atoms with van der Waals surface area (Å²) in [4.78, 5) is 7.16. The maximum absolute atomic E-state index is 13.8. The number of aliphatic hydroxyl groups excluding tert-OH is 1. The van der Waals surface area contributed by atoms with Gasteiger partial charge in [0.1, 0.15) is 5.82 Å². The highest BCUT2D eigenvalue weighted by molar-refractivity contribution is 7.99. The lowest BCUT2D eigenvalue weighted by molar-refractivity contribution is 0.0823. The molecular formula is C21H25FN2OS. The minimum atomic E-state index is -0.166. The van der Waals surface area contributed by atoms with E-state index in [4.69, 9.17) is 0 Å². The number of piperazine rings is 1. The first-order chi connectivity index (χ1) is 12.6. The second-order valence-electron chi connectivity index (χ2n) is 7.22. The summed E-state index contributed by atoms with van der Waals surface area (Å²) in [5.41, 5.74) is 3.86. The third-order valence-electron chi connectivity index (χ3n) is 5.45. The van der Waals surface area contributed by atoms with Crippen molar-refractivity contribution < 1.29 is 9.50 Å². The molecule has 2 heterocycles. The Morgan fingerprint density at radius 3 is 2.65 bits per heavy atom. The molecule has 0 radical (unpaired) electrons. The lowest BCUT2D eigenvalue weighted by Gasteiger charge is -2.39. The first-order valence-corrected chi connectivity index (χ1v) is 10.1. The molecule has 1 fully saturated rings. The standard InChI is InChI=1S/C21H25FN2OS/c1-15-2-5-20-18(12-15)19(24-8-6-23(7-9-24)10-11-25)13-16-3-4-17(22)14-21(16)26-20/h2-5,12,14,19,25H,6-11,13H2,1H3/t19-/m1/s1. The summed E-state index contributed by atoms with van der Waals surface area (Å²) in [6.45, 7) is 7.09. The molecule has 26 heavy (non-hydrogen) atoms. The number of hydrogen-bond donors (Lipinski definition) is 1. The van der Waals surface area contributed by atoms with Gasteiger partial charge in [-0.2, -0.15) is 0 Å². The zero-order valence-corrected chi connectivity index (χ0v) is 15.9. The fraction of sp³-hybridized carbons (Fsp3) is 0.429. The van der Waals surface area contributed by atoms with Gasteiger partial charge in [-0.25, -0.2) is 4.39 Å². The van der Waals surface area contributed by atoms with E-state index in [0.717, 1.165) is 44.0 Å². The molecule has 0 bridgehead atoms. The van der Waals surface area contributed by atoms with Gasteiger partial charge in [-0.05, 0) is 42.7 Å². The Kier molecular flexibility index (Phi) is 5.32. The van der Waals surface area contributed by atoms with E-state index in [1.54, 1.807) is 23.9 Å². The Morgan fingerprint density at radius 2 is 1.88 bits per heavy atom. The topological polar surface area (TPSA) is 26.7 Å². The Labute approximate surface area is 158 Å². The number of benzene rings is 2. The summed E-state index contributed by atoms with van der Waals surface area (Å²) in [5.74, 6) is -0.166. The molecule has 0 amide bonds. The third-order valence-corrected chi connectivity index (χ3v) is 6.64. The number of aryl methyl sites for hydroxylation is 1. The smallest absolute Gasteiger partial charge is 0.124 e. The SMILES string of the molecule is Cc1ccc2c(c1)[C@H](N1CCN(CCO)CC1)Cc1ccc(F)cc1S2. The molecule has 0 spiro atoms. The minimum absolute atomic E-state index is 0.166. The van der Waals surface area contributed by atoms with Gasteiger partial charge >= 0.3 is 0 Å². The molecule has 138 valence electrons. The van der Waals surface area contributed by atoms with Crippen LogP contribution in [0.4, 0.5) is 4.39 Å². The number of hydrogen-bond acceptors (Lipinski definition) is 4. The van der Waals surface area contributed by atoms with Gasteiger partial charge < -0.3 is 5.11 Å². The number of halogens is 1. The molecule has 2 aliphatic rings. The molecule has 4 rings (SSSR count). The maximum Gasteiger partial charge on any atom is 0.124 e. The Morgan fingerprint density at radius 1 is 1.08 bits per heavy atom. The molecule has 0 unspecified atom stereocenters. The van der Waals surface area contributed by atoms with Gasteiger partial charge in [0.25, 0.3) is 0 Å². The number of rotatable bonds is 3. The predicted octanol–water partition coefficient (Wildman–Crippen LogP) is 3.49. The van der Waals surface area contributed by atoms with Gasteiger partial charge in [0.05, 0.1) is 6.61 Å². The summed E-state index contributed by atoms with van der Waals surface area (Å²) in [5, 5.41) is 9.17. The molecular weight excluding hydrogens is 347 g/mol. The van der Waals surface area contributed by atoms with Crippen LogP contribution in [-0.4, -0.2) is 54.2 Å². The zero-order valence-electron chi connectivity index (χ0n) is 15.1. The average molecular weight is 373 g/mol. The summed E-state index contributed by atoms with van der Waals surface area (Å²) in [6.07, 6.45) is 0.916. The van der Waals surface area contributed by atoms with Crippen molar-refractivity contribution in [2.24, 2.45) is 0 Å². The molecule has 0 saturated carbocycles. The van der Waals surface area contributed by atoms with Crippen molar-refractivity contribution in [1.82, 2.24) is 9.80 Å². The highest BCUT2D eigenvalue weighted by Gasteiger charge is 2.30. The van der Waals surface area contributed by atoms with Crippen LogP contribution in [0.3, 0.4) is 0 Å². The highest BCUT2D eigenvalue weighted by Crippen LogP contribution is 2.43. The fourth-order valence-electron chi connectivity index (χ4n) is 4.02. The normalized spacial score (nSPS) is 21.1. The van der Waals surface area contributed by atoms with E-state index in [1.165, 1.54) is 21.6 Å². The van der Waals surface area contributed by atoms with Crippen LogP contribution in [0.2, 0.25) is 0 Å². The van der Waals surface area contributed by atoms with Gasteiger partial charge in [0.15, 0.2) is 0 Å². The van der Waals surface area contributed by atoms with Gasteiger partial charge in [-0.3, -0.25) is 9.80 Å². The molecule has 2 aromatic carbocycles. The van der Waals surface area contributed by atoms with Crippen LogP contribution in [0.1, 0.15) is 22.7 Å². The Bertz CT molecular complexity index is 790.